The molecule has 3 nitrogen and oxygen atoms in total. The van der Waals surface area contributed by atoms with E-state index in [1.165, 1.54) is 33.4 Å². The van der Waals surface area contributed by atoms with E-state index in [-0.39, 0.29) is 0 Å². The molecule has 0 aliphatic carbocycles. The lowest BCUT2D eigenvalue weighted by Crippen LogP contribution is -2.23. The van der Waals surface area contributed by atoms with E-state index in [4.69, 9.17) is 4.74 Å². The molecular weight excluding hydrogens is 430 g/mol. The first-order valence-electron chi connectivity index (χ1n) is 12.2. The molecule has 0 aliphatic heterocycles. The van der Waals surface area contributed by atoms with E-state index in [1.807, 2.05) is 12.1 Å². The van der Waals surface area contributed by atoms with Gasteiger partial charge in [-0.15, -0.1) is 0 Å². The van der Waals surface area contributed by atoms with Crippen LogP contribution in [0.4, 0.5) is 0 Å². The van der Waals surface area contributed by atoms with Gasteiger partial charge in [0.1, 0.15) is 18.1 Å². The lowest BCUT2D eigenvalue weighted by Gasteiger charge is -2.18. The summed E-state index contributed by atoms with van der Waals surface area (Å²) < 4.78 is 6.05. The average molecular weight is 464 g/mol. The van der Waals surface area contributed by atoms with Gasteiger partial charge in [-0.2, -0.15) is 0 Å². The van der Waals surface area contributed by atoms with Crippen molar-refractivity contribution in [1.82, 2.24) is 4.90 Å². The van der Waals surface area contributed by atoms with Crippen LogP contribution in [0.5, 0.6) is 11.5 Å². The molecule has 0 spiro atoms. The summed E-state index contributed by atoms with van der Waals surface area (Å²) in [5, 5.41) is 9.44. The van der Waals surface area contributed by atoms with Crippen molar-refractivity contribution in [3.63, 3.8) is 0 Å². The zero-order valence-electron chi connectivity index (χ0n) is 20.5. The molecule has 0 unspecified atom stereocenters. The number of likely N-dealkylation sites (N-methyl/N-ethyl adjacent to an activating group) is 1. The van der Waals surface area contributed by atoms with Gasteiger partial charge < -0.3 is 9.84 Å². The molecule has 3 heteroatoms. The Balaban J connectivity index is 1.47. The van der Waals surface area contributed by atoms with E-state index < -0.39 is 0 Å². The number of aromatic hydroxyl groups is 1. The fraction of sp³-hybridized carbons (Fsp3) is 0.188. The summed E-state index contributed by atoms with van der Waals surface area (Å²) in [5.74, 6) is 1.17. The summed E-state index contributed by atoms with van der Waals surface area (Å²) >= 11 is 0. The number of allylic oxidation sites excluding steroid dienone is 1. The van der Waals surface area contributed by atoms with Crippen molar-refractivity contribution in [2.75, 3.05) is 20.2 Å². The molecule has 0 atom stereocenters. The van der Waals surface area contributed by atoms with Crippen LogP contribution < -0.4 is 4.74 Å². The number of rotatable bonds is 10. The molecule has 0 bridgehead atoms. The number of hydrogen-bond donors (Lipinski definition) is 1. The lowest BCUT2D eigenvalue weighted by atomic mass is 9.88. The summed E-state index contributed by atoms with van der Waals surface area (Å²) in [4.78, 5) is 2.21. The Morgan fingerprint density at radius 1 is 0.714 bits per heavy atom. The predicted octanol–water partition coefficient (Wildman–Crippen LogP) is 7.27. The average Bonchev–Trinajstić information content (AvgIpc) is 2.90. The highest BCUT2D eigenvalue weighted by Gasteiger charge is 2.13. The first kappa shape index (κ1) is 24.3. The minimum Gasteiger partial charge on any atom is -0.508 e. The van der Waals surface area contributed by atoms with Crippen LogP contribution in [0.2, 0.25) is 0 Å². The number of ether oxygens (including phenoxy) is 1. The molecule has 35 heavy (non-hydrogen) atoms. The van der Waals surface area contributed by atoms with E-state index in [0.717, 1.165) is 25.3 Å². The largest absolute Gasteiger partial charge is 0.508 e. The normalized spacial score (nSPS) is 11.9. The van der Waals surface area contributed by atoms with Crippen molar-refractivity contribution in [3.8, 4) is 11.5 Å². The van der Waals surface area contributed by atoms with E-state index in [9.17, 15) is 5.11 Å². The maximum atomic E-state index is 9.44. The Bertz CT molecular complexity index is 1210. The third-order valence-electron chi connectivity index (χ3n) is 6.11. The molecule has 0 aliphatic rings. The van der Waals surface area contributed by atoms with Crippen LogP contribution in [0, 0.1) is 0 Å². The molecule has 0 fully saturated rings. The summed E-state index contributed by atoms with van der Waals surface area (Å²) in [5.41, 5.74) is 7.43. The fourth-order valence-corrected chi connectivity index (χ4v) is 4.31. The Morgan fingerprint density at radius 3 is 1.89 bits per heavy atom. The quantitative estimate of drug-likeness (QED) is 0.251. The van der Waals surface area contributed by atoms with Gasteiger partial charge in [0.25, 0.3) is 0 Å². The van der Waals surface area contributed by atoms with Crippen LogP contribution in [0.1, 0.15) is 35.6 Å². The Labute approximate surface area is 209 Å². The van der Waals surface area contributed by atoms with Crippen LogP contribution >= 0.6 is 0 Å². The third kappa shape index (κ3) is 6.62. The molecule has 0 saturated carbocycles. The summed E-state index contributed by atoms with van der Waals surface area (Å²) in [6.45, 7) is 4.45. The second-order valence-electron chi connectivity index (χ2n) is 8.72. The highest BCUT2D eigenvalue weighted by atomic mass is 16.5. The number of phenols is 1. The predicted molar refractivity (Wildman–Crippen MR) is 145 cm³/mol. The van der Waals surface area contributed by atoms with Gasteiger partial charge in [-0.3, -0.25) is 4.90 Å². The molecule has 0 radical (unpaired) electrons. The topological polar surface area (TPSA) is 32.7 Å². The number of hydrogen-bond acceptors (Lipinski definition) is 3. The van der Waals surface area contributed by atoms with Gasteiger partial charge in [0, 0.05) is 13.1 Å². The summed E-state index contributed by atoms with van der Waals surface area (Å²) in [6, 6.07) is 37.1. The smallest absolute Gasteiger partial charge is 0.119 e. The first-order valence-corrected chi connectivity index (χ1v) is 12.2. The summed E-state index contributed by atoms with van der Waals surface area (Å²) in [6.07, 6.45) is 0.944. The maximum absolute atomic E-state index is 9.44. The van der Waals surface area contributed by atoms with Gasteiger partial charge in [-0.25, -0.2) is 0 Å². The number of nitrogens with zero attached hydrogens (tertiary/aromatic N) is 1. The third-order valence-corrected chi connectivity index (χ3v) is 6.11. The molecular formula is C32H33NO2. The van der Waals surface area contributed by atoms with Gasteiger partial charge in [-0.1, -0.05) is 91.9 Å². The first-order chi connectivity index (χ1) is 17.1. The van der Waals surface area contributed by atoms with Crippen LogP contribution in [0.25, 0.3) is 11.1 Å². The van der Waals surface area contributed by atoms with Crippen molar-refractivity contribution in [1.29, 1.82) is 0 Å². The standard InChI is InChI=1S/C32H33NO2/c1-3-31(26-10-6-4-7-11-26)32(27-12-8-5-9-13-27)28-16-20-30(21-17-28)35-23-22-33(2)24-25-14-18-29(34)19-15-25/h4-21,34H,3,22-24H2,1-2H3/b32-31-. The van der Waals surface area contributed by atoms with Crippen molar-refractivity contribution < 1.29 is 9.84 Å². The van der Waals surface area contributed by atoms with Crippen molar-refractivity contribution in [3.05, 3.63) is 131 Å². The van der Waals surface area contributed by atoms with Crippen molar-refractivity contribution in [2.45, 2.75) is 19.9 Å². The molecule has 0 aromatic heterocycles. The van der Waals surface area contributed by atoms with Crippen LogP contribution in [0.3, 0.4) is 0 Å². The van der Waals surface area contributed by atoms with E-state index in [1.54, 1.807) is 12.1 Å². The van der Waals surface area contributed by atoms with Gasteiger partial charge in [0.15, 0.2) is 0 Å². The second kappa shape index (κ2) is 12.0. The maximum Gasteiger partial charge on any atom is 0.119 e. The number of phenolic OH excluding ortho intramolecular Hbond substituents is 1. The zero-order valence-corrected chi connectivity index (χ0v) is 20.5. The minimum absolute atomic E-state index is 0.295. The molecule has 178 valence electrons. The Hall–Kier alpha value is -3.82. The highest BCUT2D eigenvalue weighted by molar-refractivity contribution is 5.98. The molecule has 4 aromatic carbocycles. The molecule has 0 heterocycles. The fourth-order valence-electron chi connectivity index (χ4n) is 4.31. The highest BCUT2D eigenvalue weighted by Crippen LogP contribution is 2.34. The SMILES string of the molecule is CC/C(=C(\c1ccccc1)c1ccc(OCCN(C)Cc2ccc(O)cc2)cc1)c1ccccc1. The van der Waals surface area contributed by atoms with Gasteiger partial charge in [0.05, 0.1) is 0 Å². The Kier molecular flexibility index (Phi) is 8.37. The molecule has 4 aromatic rings. The van der Waals surface area contributed by atoms with Crippen LogP contribution in [0.15, 0.2) is 109 Å². The van der Waals surface area contributed by atoms with Gasteiger partial charge >= 0.3 is 0 Å². The monoisotopic (exact) mass is 463 g/mol. The second-order valence-corrected chi connectivity index (χ2v) is 8.72. The van der Waals surface area contributed by atoms with Crippen molar-refractivity contribution >= 4 is 11.1 Å². The van der Waals surface area contributed by atoms with E-state index >= 15 is 0 Å². The number of benzene rings is 4. The van der Waals surface area contributed by atoms with Crippen molar-refractivity contribution in [2.24, 2.45) is 0 Å². The van der Waals surface area contributed by atoms with E-state index in [0.29, 0.717) is 12.4 Å². The molecule has 1 N–H and O–H groups in total. The molecule has 4 rings (SSSR count). The molecule has 0 amide bonds. The van der Waals surface area contributed by atoms with Gasteiger partial charge in [0.2, 0.25) is 0 Å². The zero-order chi connectivity index (χ0) is 24.5. The summed E-state index contributed by atoms with van der Waals surface area (Å²) in [7, 11) is 2.08. The van der Waals surface area contributed by atoms with Gasteiger partial charge in [-0.05, 0) is 71.1 Å². The van der Waals surface area contributed by atoms with E-state index in [2.05, 4.69) is 104 Å². The Morgan fingerprint density at radius 2 is 1.29 bits per heavy atom. The van der Waals surface area contributed by atoms with Crippen LogP contribution in [-0.4, -0.2) is 30.2 Å². The van der Waals surface area contributed by atoms with Crippen LogP contribution in [-0.2, 0) is 6.54 Å². The minimum atomic E-state index is 0.295. The molecule has 0 saturated heterocycles. The lowest BCUT2D eigenvalue weighted by molar-refractivity contribution is 0.233.